The Labute approximate surface area is 420 Å². The summed E-state index contributed by atoms with van der Waals surface area (Å²) < 4.78 is 8.13. The number of imidazole rings is 3. The maximum Gasteiger partial charge on any atom is 0.137 e. The number of aromatic nitrogens is 11. The first-order chi connectivity index (χ1) is 33.8. The van der Waals surface area contributed by atoms with Crippen molar-refractivity contribution in [2.75, 3.05) is 16.0 Å². The lowest BCUT2D eigenvalue weighted by Gasteiger charge is -2.27. The number of rotatable bonds is 10. The van der Waals surface area contributed by atoms with Crippen LogP contribution in [0.25, 0.3) is 62.2 Å². The van der Waals surface area contributed by atoms with Crippen molar-refractivity contribution >= 4 is 77.9 Å². The molecular weight excluding hydrogens is 1020 g/mol. The van der Waals surface area contributed by atoms with E-state index in [1.807, 2.05) is 121 Å². The van der Waals surface area contributed by atoms with E-state index in [2.05, 4.69) is 100 Å². The van der Waals surface area contributed by atoms with E-state index in [-0.39, 0.29) is 0 Å². The van der Waals surface area contributed by atoms with Crippen LogP contribution in [0.15, 0.2) is 143 Å². The van der Waals surface area contributed by atoms with Crippen LogP contribution in [-0.4, -0.2) is 71.4 Å². The molecule has 13 rings (SSSR count). The van der Waals surface area contributed by atoms with Gasteiger partial charge in [0.1, 0.15) is 34.4 Å². The van der Waals surface area contributed by atoms with Crippen molar-refractivity contribution in [1.29, 1.82) is 0 Å². The summed E-state index contributed by atoms with van der Waals surface area (Å²) in [5.41, 5.74) is 10.5. The van der Waals surface area contributed by atoms with Gasteiger partial charge in [-0.05, 0) is 140 Å². The van der Waals surface area contributed by atoms with Crippen LogP contribution < -0.4 is 16.0 Å². The minimum atomic E-state index is 0.547. The Morgan fingerprint density at radius 3 is 1.59 bits per heavy atom. The highest BCUT2D eigenvalue weighted by Gasteiger charge is 2.20. The molecule has 0 radical (unpaired) electrons. The SMILES string of the molecule is Brc1ccc2ncc(-c3cccc(NC4CCC4)n3)n2c1.Clc1ccc2ncc(-c3cc(Br)cc(NC4CCC4)n3)n2c1.c1cc(NC2CCCC2)nc(-c2cnc3ccc(-c4cn[nH]c4)cn23)c1. The average molecular weight is 1070 g/mol. The molecule has 0 aliphatic heterocycles. The molecule has 0 amide bonds. The number of nitrogens with zero attached hydrogens (tertiary/aromatic N) is 10. The van der Waals surface area contributed by atoms with Crippen molar-refractivity contribution in [2.24, 2.45) is 0 Å². The number of fused-ring (bicyclic) bond motifs is 3. The van der Waals surface area contributed by atoms with Gasteiger partial charge in [0.15, 0.2) is 0 Å². The molecule has 10 heterocycles. The Morgan fingerprint density at radius 2 is 1.01 bits per heavy atom. The molecule has 0 aromatic carbocycles. The third-order valence-electron chi connectivity index (χ3n) is 13.0. The second kappa shape index (κ2) is 20.2. The monoisotopic (exact) mass is 1060 g/mol. The molecule has 3 fully saturated rings. The second-order valence-electron chi connectivity index (χ2n) is 17.8. The van der Waals surface area contributed by atoms with Crippen LogP contribution in [0, 0.1) is 0 Å². The van der Waals surface area contributed by atoms with Crippen LogP contribution in [0.2, 0.25) is 5.02 Å². The molecule has 69 heavy (non-hydrogen) atoms. The topological polar surface area (TPSA) is 155 Å². The molecule has 3 saturated carbocycles. The van der Waals surface area contributed by atoms with Gasteiger partial charge in [0.2, 0.25) is 0 Å². The minimum Gasteiger partial charge on any atom is -0.367 e. The third kappa shape index (κ3) is 10.2. The van der Waals surface area contributed by atoms with Gasteiger partial charge in [-0.2, -0.15) is 5.10 Å². The Hall–Kier alpha value is -6.62. The van der Waals surface area contributed by atoms with Gasteiger partial charge < -0.3 is 16.0 Å². The molecule has 348 valence electrons. The fourth-order valence-corrected chi connectivity index (χ4v) is 9.79. The first-order valence-electron chi connectivity index (χ1n) is 23.5. The molecule has 0 atom stereocenters. The molecule has 17 heteroatoms. The summed E-state index contributed by atoms with van der Waals surface area (Å²) in [4.78, 5) is 27.7. The fraction of sp³-hybridized carbons (Fsp3) is 0.250. The summed E-state index contributed by atoms with van der Waals surface area (Å²) in [6.45, 7) is 0. The summed E-state index contributed by atoms with van der Waals surface area (Å²) in [6.07, 6.45) is 27.9. The molecule has 0 unspecified atom stereocenters. The average Bonchev–Trinajstić information content (AvgIpc) is 4.20. The normalized spacial score (nSPS) is 15.0. The van der Waals surface area contributed by atoms with Crippen LogP contribution in [0.5, 0.6) is 0 Å². The number of hydrogen-bond acceptors (Lipinski definition) is 10. The Kier molecular flexibility index (Phi) is 13.1. The number of nitrogens with one attached hydrogen (secondary N) is 4. The molecule has 3 aliphatic rings. The van der Waals surface area contributed by atoms with E-state index in [0.717, 1.165) is 88.6 Å². The number of halogens is 3. The maximum absolute atomic E-state index is 6.10. The highest BCUT2D eigenvalue weighted by atomic mass is 79.9. The van der Waals surface area contributed by atoms with Crippen molar-refractivity contribution < 1.29 is 0 Å². The van der Waals surface area contributed by atoms with Crippen molar-refractivity contribution in [2.45, 2.75) is 82.3 Å². The Morgan fingerprint density at radius 1 is 0.493 bits per heavy atom. The molecule has 3 aliphatic carbocycles. The van der Waals surface area contributed by atoms with Gasteiger partial charge in [0.25, 0.3) is 0 Å². The molecule has 0 saturated heterocycles. The zero-order chi connectivity index (χ0) is 46.7. The smallest absolute Gasteiger partial charge is 0.137 e. The summed E-state index contributed by atoms with van der Waals surface area (Å²) in [5.74, 6) is 2.78. The van der Waals surface area contributed by atoms with E-state index in [0.29, 0.717) is 23.1 Å². The zero-order valence-corrected chi connectivity index (χ0v) is 41.5. The first kappa shape index (κ1) is 44.9. The summed E-state index contributed by atoms with van der Waals surface area (Å²) in [6, 6.07) is 29.7. The van der Waals surface area contributed by atoms with Crippen LogP contribution in [0.4, 0.5) is 17.5 Å². The molecule has 10 aromatic heterocycles. The van der Waals surface area contributed by atoms with Crippen molar-refractivity contribution in [3.05, 3.63) is 148 Å². The van der Waals surface area contributed by atoms with E-state index < -0.39 is 0 Å². The van der Waals surface area contributed by atoms with Gasteiger partial charge in [-0.25, -0.2) is 29.9 Å². The summed E-state index contributed by atoms with van der Waals surface area (Å²) >= 11 is 13.2. The van der Waals surface area contributed by atoms with Gasteiger partial charge >= 0.3 is 0 Å². The summed E-state index contributed by atoms with van der Waals surface area (Å²) in [5, 5.41) is 18.1. The number of H-pyrrole nitrogens is 1. The number of hydrogen-bond donors (Lipinski definition) is 4. The Balaban J connectivity index is 0.000000114. The van der Waals surface area contributed by atoms with E-state index in [1.165, 1.54) is 64.2 Å². The minimum absolute atomic E-state index is 0.547. The van der Waals surface area contributed by atoms with E-state index in [1.54, 1.807) is 0 Å². The predicted octanol–water partition coefficient (Wildman–Crippen LogP) is 13.0. The first-order valence-corrected chi connectivity index (χ1v) is 25.5. The van der Waals surface area contributed by atoms with Crippen molar-refractivity contribution in [3.63, 3.8) is 0 Å². The highest BCUT2D eigenvalue weighted by Crippen LogP contribution is 2.31. The lowest BCUT2D eigenvalue weighted by Crippen LogP contribution is -2.27. The third-order valence-corrected chi connectivity index (χ3v) is 14.1. The van der Waals surface area contributed by atoms with E-state index in [9.17, 15) is 0 Å². The molecule has 0 spiro atoms. The number of aromatic amines is 1. The van der Waals surface area contributed by atoms with Crippen LogP contribution in [-0.2, 0) is 0 Å². The molecule has 0 bridgehead atoms. The van der Waals surface area contributed by atoms with Gasteiger partial charge in [0, 0.05) is 63.0 Å². The maximum atomic E-state index is 6.10. The van der Waals surface area contributed by atoms with Crippen LogP contribution in [0.1, 0.15) is 64.2 Å². The summed E-state index contributed by atoms with van der Waals surface area (Å²) in [7, 11) is 0. The standard InChI is InChI=1S/C20H20N6.C16H14BrClN4.C16H15BrN4/c1-2-5-16(4-1)24-19-7-3-6-17(25-19)18-12-21-20-9-8-14(13-26(18)20)15-10-22-23-11-15;17-10-6-13(21-15(7-10)20-12-2-1-3-12)14-8-19-16-5-4-11(18)9-22(14)16;17-11-7-8-16-18-9-14(21(16)10-11)13-5-2-6-15(20-13)19-12-3-1-4-12/h3,6-13,16H,1-2,4-5H2,(H,22,23)(H,24,25);4-9,12H,1-3H2,(H,20,21);2,5-10,12H,1,3-4H2,(H,19,20). The van der Waals surface area contributed by atoms with Gasteiger partial charge in [0.05, 0.1) is 64.0 Å². The number of pyridine rings is 6. The van der Waals surface area contributed by atoms with Gasteiger partial charge in [-0.15, -0.1) is 0 Å². The molecule has 10 aromatic rings. The lowest BCUT2D eigenvalue weighted by molar-refractivity contribution is 0.444. The molecule has 14 nitrogen and oxygen atoms in total. The van der Waals surface area contributed by atoms with E-state index in [4.69, 9.17) is 26.6 Å². The van der Waals surface area contributed by atoms with Gasteiger partial charge in [-0.3, -0.25) is 18.3 Å². The molecule has 4 N–H and O–H groups in total. The quantitative estimate of drug-likeness (QED) is 0.104. The lowest BCUT2D eigenvalue weighted by atomic mass is 9.93. The zero-order valence-electron chi connectivity index (χ0n) is 37.6. The predicted molar refractivity (Wildman–Crippen MR) is 282 cm³/mol. The van der Waals surface area contributed by atoms with Crippen LogP contribution >= 0.6 is 43.5 Å². The van der Waals surface area contributed by atoms with Gasteiger partial charge in [-0.1, -0.05) is 52.5 Å². The molecular formula is C52H49Br2ClN14. The Bertz CT molecular complexity index is 3370. The second-order valence-corrected chi connectivity index (χ2v) is 20.0. The fourth-order valence-electron chi connectivity index (χ4n) is 8.86. The number of anilines is 3. The van der Waals surface area contributed by atoms with Crippen molar-refractivity contribution in [3.8, 4) is 45.3 Å². The van der Waals surface area contributed by atoms with Crippen LogP contribution in [0.3, 0.4) is 0 Å². The largest absolute Gasteiger partial charge is 0.367 e. The highest BCUT2D eigenvalue weighted by molar-refractivity contribution is 9.10. The van der Waals surface area contributed by atoms with Crippen molar-refractivity contribution in [1.82, 2.24) is 53.3 Å². The van der Waals surface area contributed by atoms with E-state index >= 15 is 0 Å².